The molecule has 1 unspecified atom stereocenters. The number of fused-ring (bicyclic) bond motifs is 1. The Kier molecular flexibility index (Phi) is 6.74. The molecule has 2 aliphatic heterocycles. The van der Waals surface area contributed by atoms with Crippen LogP contribution in [0.3, 0.4) is 0 Å². The van der Waals surface area contributed by atoms with E-state index in [4.69, 9.17) is 14.2 Å². The van der Waals surface area contributed by atoms with E-state index in [0.717, 1.165) is 11.3 Å². The number of rotatable bonds is 7. The van der Waals surface area contributed by atoms with E-state index in [0.29, 0.717) is 41.8 Å². The van der Waals surface area contributed by atoms with Crippen LogP contribution in [0.25, 0.3) is 0 Å². The molecule has 1 fully saturated rings. The van der Waals surface area contributed by atoms with Crippen molar-refractivity contribution >= 4 is 28.8 Å². The van der Waals surface area contributed by atoms with Crippen LogP contribution in [0.2, 0.25) is 0 Å². The number of ether oxygens (including phenoxy) is 3. The minimum atomic E-state index is -0.571. The van der Waals surface area contributed by atoms with E-state index in [1.54, 1.807) is 18.9 Å². The van der Waals surface area contributed by atoms with Gasteiger partial charge in [0.15, 0.2) is 5.17 Å². The molecule has 150 valence electrons. The number of nitrogens with zero attached hydrogens (tertiary/aromatic N) is 2. The van der Waals surface area contributed by atoms with Crippen molar-refractivity contribution in [3.05, 3.63) is 41.1 Å². The summed E-state index contributed by atoms with van der Waals surface area (Å²) in [5.41, 5.74) is 1.75. The molecule has 1 aromatic rings. The van der Waals surface area contributed by atoms with Crippen molar-refractivity contribution < 1.29 is 23.8 Å². The Morgan fingerprint density at radius 1 is 1.29 bits per heavy atom. The van der Waals surface area contributed by atoms with Gasteiger partial charge in [0.2, 0.25) is 5.91 Å². The number of benzene rings is 1. The maximum Gasteiger partial charge on any atom is 0.338 e. The highest BCUT2D eigenvalue weighted by molar-refractivity contribution is 8.14. The van der Waals surface area contributed by atoms with Gasteiger partial charge in [0.1, 0.15) is 12.4 Å². The predicted molar refractivity (Wildman–Crippen MR) is 107 cm³/mol. The van der Waals surface area contributed by atoms with Crippen LogP contribution in [-0.4, -0.2) is 54.6 Å². The summed E-state index contributed by atoms with van der Waals surface area (Å²) in [5, 5.41) is 0.626. The molecule has 0 radical (unpaired) electrons. The zero-order chi connectivity index (χ0) is 20.1. The second kappa shape index (κ2) is 9.25. The minimum Gasteiger partial charge on any atom is -0.494 e. The number of thioether (sulfide) groups is 1. The summed E-state index contributed by atoms with van der Waals surface area (Å²) in [6.07, 6.45) is 0.405. The van der Waals surface area contributed by atoms with Crippen LogP contribution in [-0.2, 0) is 19.1 Å². The molecule has 1 atom stereocenters. The molecule has 0 bridgehead atoms. The third-order valence-electron chi connectivity index (χ3n) is 4.45. The summed E-state index contributed by atoms with van der Waals surface area (Å²) >= 11 is 1.52. The molecule has 1 aromatic carbocycles. The first-order chi connectivity index (χ1) is 13.6. The molecule has 0 spiro atoms. The van der Waals surface area contributed by atoms with E-state index in [2.05, 4.69) is 4.99 Å². The fraction of sp³-hybridized carbons (Fsp3) is 0.450. The number of esters is 1. The van der Waals surface area contributed by atoms with Crippen LogP contribution in [0.5, 0.6) is 5.75 Å². The third kappa shape index (κ3) is 4.23. The maximum absolute atomic E-state index is 12.8. The van der Waals surface area contributed by atoms with Gasteiger partial charge in [0.25, 0.3) is 0 Å². The molecule has 28 heavy (non-hydrogen) atoms. The number of aliphatic imine (C=N–C) groups is 1. The van der Waals surface area contributed by atoms with Crippen LogP contribution < -0.4 is 4.74 Å². The highest BCUT2D eigenvalue weighted by Gasteiger charge is 2.41. The van der Waals surface area contributed by atoms with Gasteiger partial charge >= 0.3 is 5.97 Å². The summed E-state index contributed by atoms with van der Waals surface area (Å²) in [6, 6.07) is 6.87. The van der Waals surface area contributed by atoms with Crippen molar-refractivity contribution in [1.82, 2.24) is 4.90 Å². The molecule has 1 saturated heterocycles. The highest BCUT2D eigenvalue weighted by atomic mass is 32.2. The van der Waals surface area contributed by atoms with Crippen LogP contribution in [0.1, 0.15) is 31.9 Å². The summed E-state index contributed by atoms with van der Waals surface area (Å²) < 4.78 is 15.8. The Morgan fingerprint density at radius 3 is 2.71 bits per heavy atom. The average molecular weight is 404 g/mol. The molecular formula is C20H24N2O5S. The molecule has 2 heterocycles. The van der Waals surface area contributed by atoms with Crippen molar-refractivity contribution in [2.45, 2.75) is 26.3 Å². The predicted octanol–water partition coefficient (Wildman–Crippen LogP) is 2.93. The number of amides is 1. The molecule has 0 aromatic heterocycles. The summed E-state index contributed by atoms with van der Waals surface area (Å²) in [6.45, 7) is 4.71. The van der Waals surface area contributed by atoms with Gasteiger partial charge in [-0.15, -0.1) is 0 Å². The van der Waals surface area contributed by atoms with Gasteiger partial charge in [-0.25, -0.2) is 9.79 Å². The Morgan fingerprint density at radius 2 is 2.04 bits per heavy atom. The molecule has 0 N–H and O–H groups in total. The van der Waals surface area contributed by atoms with Crippen LogP contribution >= 0.6 is 11.8 Å². The van der Waals surface area contributed by atoms with E-state index in [1.807, 2.05) is 31.2 Å². The van der Waals surface area contributed by atoms with E-state index >= 15 is 0 Å². The standard InChI is InChI=1S/C20H24N2O5S/c1-4-26-15-7-5-14(6-8-15)18-17(19(24)27-11-10-25-3)13(2)21-20-22(18)16(23)9-12-28-20/h5-8,18H,4,9-12H2,1-3H3. The van der Waals surface area contributed by atoms with Crippen molar-refractivity contribution in [2.75, 3.05) is 32.7 Å². The van der Waals surface area contributed by atoms with Crippen LogP contribution in [0.15, 0.2) is 40.5 Å². The van der Waals surface area contributed by atoms with Gasteiger partial charge in [-0.1, -0.05) is 23.9 Å². The van der Waals surface area contributed by atoms with E-state index in [-0.39, 0.29) is 12.5 Å². The van der Waals surface area contributed by atoms with Crippen molar-refractivity contribution in [3.8, 4) is 5.75 Å². The lowest BCUT2D eigenvalue weighted by atomic mass is 9.94. The number of hydrogen-bond acceptors (Lipinski definition) is 7. The van der Waals surface area contributed by atoms with E-state index in [1.165, 1.54) is 11.8 Å². The summed E-state index contributed by atoms with van der Waals surface area (Å²) in [5.74, 6) is 0.885. The zero-order valence-electron chi connectivity index (χ0n) is 16.3. The molecule has 0 saturated carbocycles. The average Bonchev–Trinajstić information content (AvgIpc) is 2.68. The number of carbonyl (C=O) groups is 2. The van der Waals surface area contributed by atoms with Crippen LogP contribution in [0.4, 0.5) is 0 Å². The minimum absolute atomic E-state index is 0.0499. The second-order valence-corrected chi connectivity index (χ2v) is 7.35. The van der Waals surface area contributed by atoms with Gasteiger partial charge in [-0.3, -0.25) is 9.69 Å². The SMILES string of the molecule is CCOc1ccc(C2C(C(=O)OCCOC)=C(C)N=C3SCCC(=O)N32)cc1. The first-order valence-corrected chi connectivity index (χ1v) is 10.2. The Labute approximate surface area is 168 Å². The normalized spacial score (nSPS) is 19.2. The molecule has 0 aliphatic carbocycles. The van der Waals surface area contributed by atoms with Crippen LogP contribution in [0, 0.1) is 0 Å². The fourth-order valence-electron chi connectivity index (χ4n) is 3.18. The molecule has 1 amide bonds. The van der Waals surface area contributed by atoms with Crippen molar-refractivity contribution in [1.29, 1.82) is 0 Å². The van der Waals surface area contributed by atoms with E-state index in [9.17, 15) is 9.59 Å². The lowest BCUT2D eigenvalue weighted by Gasteiger charge is -2.38. The third-order valence-corrected chi connectivity index (χ3v) is 5.41. The molecule has 2 aliphatic rings. The summed E-state index contributed by atoms with van der Waals surface area (Å²) in [7, 11) is 1.54. The lowest BCUT2D eigenvalue weighted by molar-refractivity contribution is -0.141. The smallest absolute Gasteiger partial charge is 0.338 e. The van der Waals surface area contributed by atoms with Crippen molar-refractivity contribution in [3.63, 3.8) is 0 Å². The second-order valence-electron chi connectivity index (χ2n) is 6.29. The van der Waals surface area contributed by atoms with E-state index < -0.39 is 12.0 Å². The van der Waals surface area contributed by atoms with Crippen molar-refractivity contribution in [2.24, 2.45) is 4.99 Å². The van der Waals surface area contributed by atoms with Gasteiger partial charge < -0.3 is 14.2 Å². The Balaban J connectivity index is 2.00. The number of methoxy groups -OCH3 is 1. The molecule has 7 nitrogen and oxygen atoms in total. The molecular weight excluding hydrogens is 380 g/mol. The quantitative estimate of drug-likeness (QED) is 0.514. The van der Waals surface area contributed by atoms with Gasteiger partial charge in [0.05, 0.1) is 30.5 Å². The number of carbonyl (C=O) groups excluding carboxylic acids is 2. The summed E-state index contributed by atoms with van der Waals surface area (Å²) in [4.78, 5) is 31.7. The Bertz CT molecular complexity index is 803. The number of amidine groups is 1. The lowest BCUT2D eigenvalue weighted by Crippen LogP contribution is -2.45. The highest BCUT2D eigenvalue weighted by Crippen LogP contribution is 2.40. The van der Waals surface area contributed by atoms with Gasteiger partial charge in [-0.05, 0) is 31.5 Å². The first-order valence-electron chi connectivity index (χ1n) is 9.20. The monoisotopic (exact) mass is 404 g/mol. The zero-order valence-corrected chi connectivity index (χ0v) is 17.1. The molecule has 8 heteroatoms. The Hall–Kier alpha value is -2.32. The first kappa shape index (κ1) is 20.4. The number of allylic oxidation sites excluding steroid dienone is 1. The topological polar surface area (TPSA) is 77.4 Å². The van der Waals surface area contributed by atoms with Gasteiger partial charge in [0, 0.05) is 19.3 Å². The maximum atomic E-state index is 12.8. The largest absolute Gasteiger partial charge is 0.494 e. The molecule has 3 rings (SSSR count). The van der Waals surface area contributed by atoms with Gasteiger partial charge in [-0.2, -0.15) is 0 Å². The number of hydrogen-bond donors (Lipinski definition) is 0. The fourth-order valence-corrected chi connectivity index (χ4v) is 4.19.